The lowest BCUT2D eigenvalue weighted by Gasteiger charge is -2.36. The van der Waals surface area contributed by atoms with Gasteiger partial charge in [0.05, 0.1) is 0 Å². The molecule has 0 unspecified atom stereocenters. The third-order valence-corrected chi connectivity index (χ3v) is 5.16. The molecule has 1 saturated heterocycles. The van der Waals surface area contributed by atoms with Gasteiger partial charge in [-0.05, 0) is 36.2 Å². The molecule has 0 saturated carbocycles. The molecule has 0 amide bonds. The summed E-state index contributed by atoms with van der Waals surface area (Å²) in [6.07, 6.45) is 0. The summed E-state index contributed by atoms with van der Waals surface area (Å²) in [6, 6.07) is 16.8. The Labute approximate surface area is 146 Å². The zero-order valence-corrected chi connectivity index (χ0v) is 15.0. The van der Waals surface area contributed by atoms with Crippen LogP contribution in [0.25, 0.3) is 0 Å². The van der Waals surface area contributed by atoms with Gasteiger partial charge in [0, 0.05) is 48.6 Å². The zero-order chi connectivity index (χ0) is 16.2. The largest absolute Gasteiger partial charge is 0.369 e. The van der Waals surface area contributed by atoms with Gasteiger partial charge in [-0.15, -0.1) is 0 Å². The van der Waals surface area contributed by atoms with E-state index >= 15 is 0 Å². The fourth-order valence-electron chi connectivity index (χ4n) is 2.95. The number of hydrogen-bond acceptors (Lipinski definition) is 3. The molecule has 0 radical (unpaired) electrons. The first-order chi connectivity index (χ1) is 11.1. The van der Waals surface area contributed by atoms with Gasteiger partial charge in [-0.2, -0.15) is 0 Å². The molecule has 4 heteroatoms. The fraction of sp³-hybridized carbons (Fsp3) is 0.316. The van der Waals surface area contributed by atoms with Crippen LogP contribution in [0.15, 0.2) is 53.0 Å². The van der Waals surface area contributed by atoms with E-state index in [4.69, 9.17) is 5.41 Å². The van der Waals surface area contributed by atoms with Gasteiger partial charge in [0.25, 0.3) is 0 Å². The van der Waals surface area contributed by atoms with E-state index in [0.717, 1.165) is 38.3 Å². The Hall–Kier alpha value is -1.65. The van der Waals surface area contributed by atoms with Crippen LogP contribution in [-0.4, -0.2) is 36.8 Å². The lowest BCUT2D eigenvalue weighted by molar-refractivity contribution is 0.249. The van der Waals surface area contributed by atoms with Crippen LogP contribution in [0.4, 0.5) is 5.69 Å². The van der Waals surface area contributed by atoms with Crippen molar-refractivity contribution in [1.82, 2.24) is 4.90 Å². The second kappa shape index (κ2) is 7.28. The van der Waals surface area contributed by atoms with Crippen LogP contribution in [0.1, 0.15) is 18.1 Å². The summed E-state index contributed by atoms with van der Waals surface area (Å²) >= 11 is 3.64. The number of halogens is 1. The standard InChI is InChI=1S/C19H22BrN3/c1-15(21)16-6-8-18(9-7-16)23-12-10-22(11-13-23)14-17-4-2-3-5-19(17)20/h2-9,21H,10-14H2,1H3. The number of rotatable bonds is 4. The molecule has 1 heterocycles. The summed E-state index contributed by atoms with van der Waals surface area (Å²) in [7, 11) is 0. The van der Waals surface area contributed by atoms with E-state index in [-0.39, 0.29) is 0 Å². The van der Waals surface area contributed by atoms with E-state index in [1.165, 1.54) is 15.7 Å². The Morgan fingerprint density at radius 1 is 1.00 bits per heavy atom. The molecule has 1 aliphatic heterocycles. The SMILES string of the molecule is CC(=N)c1ccc(N2CCN(Cc3ccccc3Br)CC2)cc1. The number of hydrogen-bond donors (Lipinski definition) is 1. The normalized spacial score (nSPS) is 15.7. The van der Waals surface area contributed by atoms with Crippen LogP contribution < -0.4 is 4.90 Å². The maximum Gasteiger partial charge on any atom is 0.0367 e. The first-order valence-electron chi connectivity index (χ1n) is 8.00. The third kappa shape index (κ3) is 4.01. The molecule has 0 aromatic heterocycles. The second-order valence-electron chi connectivity index (χ2n) is 6.03. The van der Waals surface area contributed by atoms with Crippen molar-refractivity contribution in [3.63, 3.8) is 0 Å². The fourth-order valence-corrected chi connectivity index (χ4v) is 3.36. The summed E-state index contributed by atoms with van der Waals surface area (Å²) in [4.78, 5) is 4.94. The van der Waals surface area contributed by atoms with Crippen LogP contribution in [-0.2, 0) is 6.54 Å². The quantitative estimate of drug-likeness (QED) is 0.817. The van der Waals surface area contributed by atoms with E-state index in [9.17, 15) is 0 Å². The molecule has 1 aliphatic rings. The zero-order valence-electron chi connectivity index (χ0n) is 13.4. The van der Waals surface area contributed by atoms with Crippen molar-refractivity contribution in [2.75, 3.05) is 31.1 Å². The number of piperazine rings is 1. The van der Waals surface area contributed by atoms with Crippen LogP contribution in [0.3, 0.4) is 0 Å². The molecule has 0 spiro atoms. The van der Waals surface area contributed by atoms with Crippen molar-refractivity contribution in [3.05, 3.63) is 64.1 Å². The maximum atomic E-state index is 7.68. The number of benzene rings is 2. The average molecular weight is 372 g/mol. The first kappa shape index (κ1) is 16.2. The number of anilines is 1. The summed E-state index contributed by atoms with van der Waals surface area (Å²) in [6.45, 7) is 7.08. The molecule has 3 rings (SSSR count). The van der Waals surface area contributed by atoms with E-state index in [1.807, 2.05) is 19.1 Å². The van der Waals surface area contributed by atoms with Gasteiger partial charge >= 0.3 is 0 Å². The molecule has 0 atom stereocenters. The molecule has 120 valence electrons. The van der Waals surface area contributed by atoms with Gasteiger partial charge in [-0.3, -0.25) is 4.90 Å². The van der Waals surface area contributed by atoms with Crippen molar-refractivity contribution in [1.29, 1.82) is 5.41 Å². The Morgan fingerprint density at radius 3 is 2.26 bits per heavy atom. The highest BCUT2D eigenvalue weighted by molar-refractivity contribution is 9.10. The Kier molecular flexibility index (Phi) is 5.13. The lowest BCUT2D eigenvalue weighted by atomic mass is 10.1. The Balaban J connectivity index is 1.58. The minimum Gasteiger partial charge on any atom is -0.369 e. The van der Waals surface area contributed by atoms with Gasteiger partial charge in [0.1, 0.15) is 0 Å². The van der Waals surface area contributed by atoms with Gasteiger partial charge in [0.2, 0.25) is 0 Å². The van der Waals surface area contributed by atoms with Crippen molar-refractivity contribution >= 4 is 27.3 Å². The summed E-state index contributed by atoms with van der Waals surface area (Å²) in [5.74, 6) is 0. The van der Waals surface area contributed by atoms with Crippen LogP contribution >= 0.6 is 15.9 Å². The molecule has 1 fully saturated rings. The van der Waals surface area contributed by atoms with E-state index in [0.29, 0.717) is 5.71 Å². The molecule has 2 aromatic rings. The molecule has 3 nitrogen and oxygen atoms in total. The molecule has 0 aliphatic carbocycles. The van der Waals surface area contributed by atoms with Crippen molar-refractivity contribution in [2.24, 2.45) is 0 Å². The minimum atomic E-state index is 0.620. The highest BCUT2D eigenvalue weighted by Gasteiger charge is 2.18. The number of nitrogens with one attached hydrogen (secondary N) is 1. The molecule has 23 heavy (non-hydrogen) atoms. The lowest BCUT2D eigenvalue weighted by Crippen LogP contribution is -2.46. The molecular weight excluding hydrogens is 350 g/mol. The molecule has 0 bridgehead atoms. The van der Waals surface area contributed by atoms with E-state index in [1.54, 1.807) is 0 Å². The Bertz CT molecular complexity index is 673. The monoisotopic (exact) mass is 371 g/mol. The van der Waals surface area contributed by atoms with E-state index in [2.05, 4.69) is 62.1 Å². The molecule has 2 aromatic carbocycles. The van der Waals surface area contributed by atoms with Crippen LogP contribution in [0, 0.1) is 5.41 Å². The predicted molar refractivity (Wildman–Crippen MR) is 101 cm³/mol. The van der Waals surface area contributed by atoms with Crippen molar-refractivity contribution in [3.8, 4) is 0 Å². The minimum absolute atomic E-state index is 0.620. The van der Waals surface area contributed by atoms with Gasteiger partial charge in [-0.25, -0.2) is 0 Å². The van der Waals surface area contributed by atoms with Gasteiger partial charge in [0.15, 0.2) is 0 Å². The first-order valence-corrected chi connectivity index (χ1v) is 8.79. The van der Waals surface area contributed by atoms with Crippen LogP contribution in [0.2, 0.25) is 0 Å². The van der Waals surface area contributed by atoms with E-state index < -0.39 is 0 Å². The predicted octanol–water partition coefficient (Wildman–Crippen LogP) is 4.16. The van der Waals surface area contributed by atoms with Crippen LogP contribution in [0.5, 0.6) is 0 Å². The smallest absolute Gasteiger partial charge is 0.0367 e. The average Bonchev–Trinajstić information content (AvgIpc) is 2.58. The van der Waals surface area contributed by atoms with Crippen molar-refractivity contribution < 1.29 is 0 Å². The highest BCUT2D eigenvalue weighted by Crippen LogP contribution is 2.21. The highest BCUT2D eigenvalue weighted by atomic mass is 79.9. The topological polar surface area (TPSA) is 30.3 Å². The molecular formula is C19H22BrN3. The summed E-state index contributed by atoms with van der Waals surface area (Å²) in [5.41, 5.74) is 4.23. The Morgan fingerprint density at radius 2 is 1.65 bits per heavy atom. The maximum absolute atomic E-state index is 7.68. The summed E-state index contributed by atoms with van der Waals surface area (Å²) < 4.78 is 1.19. The second-order valence-corrected chi connectivity index (χ2v) is 6.88. The third-order valence-electron chi connectivity index (χ3n) is 4.39. The van der Waals surface area contributed by atoms with Gasteiger partial charge < -0.3 is 10.3 Å². The number of nitrogens with zero attached hydrogens (tertiary/aromatic N) is 2. The van der Waals surface area contributed by atoms with Gasteiger partial charge in [-0.1, -0.05) is 46.3 Å². The van der Waals surface area contributed by atoms with Crippen molar-refractivity contribution in [2.45, 2.75) is 13.5 Å². The molecule has 1 N–H and O–H groups in total. The summed E-state index contributed by atoms with van der Waals surface area (Å²) in [5, 5.41) is 7.68.